The molecule has 3 nitrogen and oxygen atoms in total. The van der Waals surface area contributed by atoms with Gasteiger partial charge in [0.2, 0.25) is 0 Å². The number of nitrogens with two attached hydrogens (primary N) is 1. The molecule has 0 atom stereocenters. The van der Waals surface area contributed by atoms with Gasteiger partial charge in [-0.2, -0.15) is 0 Å². The Morgan fingerprint density at radius 3 is 2.50 bits per heavy atom. The summed E-state index contributed by atoms with van der Waals surface area (Å²) in [7, 11) is 0. The van der Waals surface area contributed by atoms with Crippen molar-refractivity contribution < 1.29 is 0 Å². The first-order valence-corrected chi connectivity index (χ1v) is 5.42. The maximum atomic E-state index is 5.44. The fraction of sp³-hybridized carbons (Fsp3) is 0.400. The maximum Gasteiger partial charge on any atom is 0.188 e. The Hall–Kier alpha value is -0.870. The zero-order chi connectivity index (χ0) is 10.6. The van der Waals surface area contributed by atoms with Crippen LogP contribution in [0.3, 0.4) is 0 Å². The fourth-order valence-corrected chi connectivity index (χ4v) is 1.85. The Balaban J connectivity index is 2.63. The molecule has 0 unspecified atom stereocenters. The molecule has 0 fully saturated rings. The van der Waals surface area contributed by atoms with Crippen LogP contribution in [-0.2, 0) is 0 Å². The molecular formula is C10H15N3S. The molecule has 0 bridgehead atoms. The van der Waals surface area contributed by atoms with Gasteiger partial charge in [-0.3, -0.25) is 0 Å². The molecule has 0 spiro atoms. The number of hydrogen-bond acceptors (Lipinski definition) is 4. The van der Waals surface area contributed by atoms with Crippen LogP contribution in [0.25, 0.3) is 0 Å². The van der Waals surface area contributed by atoms with E-state index in [1.54, 1.807) is 11.8 Å². The normalized spacial score (nSPS) is 10.2. The summed E-state index contributed by atoms with van der Waals surface area (Å²) in [4.78, 5) is 8.62. The number of aromatic nitrogens is 2. The molecule has 4 heteroatoms. The van der Waals surface area contributed by atoms with Crippen molar-refractivity contribution in [3.8, 4) is 0 Å². The number of aryl methyl sites for hydroxylation is 2. The second kappa shape index (κ2) is 5.12. The van der Waals surface area contributed by atoms with Gasteiger partial charge >= 0.3 is 0 Å². The molecule has 0 saturated heterocycles. The van der Waals surface area contributed by atoms with E-state index in [2.05, 4.69) is 16.5 Å². The fourth-order valence-electron chi connectivity index (χ4n) is 0.984. The molecule has 2 N–H and O–H groups in total. The van der Waals surface area contributed by atoms with Crippen LogP contribution in [0.1, 0.15) is 11.4 Å². The van der Waals surface area contributed by atoms with E-state index in [4.69, 9.17) is 5.73 Å². The summed E-state index contributed by atoms with van der Waals surface area (Å²) in [5.74, 6) is 0.791. The van der Waals surface area contributed by atoms with Gasteiger partial charge in [0.1, 0.15) is 0 Å². The number of nitrogens with zero attached hydrogens (tertiary/aromatic N) is 2. The molecule has 0 saturated carbocycles. The molecule has 0 aromatic carbocycles. The molecule has 1 aromatic heterocycles. The van der Waals surface area contributed by atoms with E-state index < -0.39 is 0 Å². The van der Waals surface area contributed by atoms with Crippen LogP contribution in [0.15, 0.2) is 23.4 Å². The van der Waals surface area contributed by atoms with Gasteiger partial charge in [0.15, 0.2) is 5.16 Å². The lowest BCUT2D eigenvalue weighted by atomic mass is 10.4. The SMILES string of the molecule is C=C(CN)CSc1nc(C)cc(C)n1. The van der Waals surface area contributed by atoms with Crippen molar-refractivity contribution in [1.29, 1.82) is 0 Å². The predicted molar refractivity (Wildman–Crippen MR) is 60.4 cm³/mol. The molecule has 0 amide bonds. The maximum absolute atomic E-state index is 5.44. The second-order valence-electron chi connectivity index (χ2n) is 3.18. The van der Waals surface area contributed by atoms with Crippen LogP contribution in [-0.4, -0.2) is 22.3 Å². The van der Waals surface area contributed by atoms with E-state index in [0.717, 1.165) is 27.9 Å². The lowest BCUT2D eigenvalue weighted by Crippen LogP contribution is -2.04. The van der Waals surface area contributed by atoms with Crippen LogP contribution >= 0.6 is 11.8 Å². The standard InChI is InChI=1S/C10H15N3S/c1-7(5-11)6-14-10-12-8(2)4-9(3)13-10/h4H,1,5-6,11H2,2-3H3. The topological polar surface area (TPSA) is 51.8 Å². The van der Waals surface area contributed by atoms with Crippen molar-refractivity contribution in [2.24, 2.45) is 5.73 Å². The van der Waals surface area contributed by atoms with Crippen LogP contribution in [0.5, 0.6) is 0 Å². The third-order valence-corrected chi connectivity index (χ3v) is 2.65. The zero-order valence-electron chi connectivity index (χ0n) is 8.58. The van der Waals surface area contributed by atoms with Gasteiger partial charge in [0.25, 0.3) is 0 Å². The summed E-state index contributed by atoms with van der Waals surface area (Å²) in [6, 6.07) is 1.96. The highest BCUT2D eigenvalue weighted by atomic mass is 32.2. The molecule has 0 aliphatic heterocycles. The molecule has 0 radical (unpaired) electrons. The van der Waals surface area contributed by atoms with Crippen molar-refractivity contribution in [3.05, 3.63) is 29.6 Å². The Bertz CT molecular complexity index is 316. The second-order valence-corrected chi connectivity index (χ2v) is 4.12. The quantitative estimate of drug-likeness (QED) is 0.466. The van der Waals surface area contributed by atoms with E-state index in [1.807, 2.05) is 19.9 Å². The molecular weight excluding hydrogens is 194 g/mol. The van der Waals surface area contributed by atoms with Crippen LogP contribution in [0.4, 0.5) is 0 Å². The number of hydrogen-bond donors (Lipinski definition) is 1. The Kier molecular flexibility index (Phi) is 4.10. The molecule has 1 rings (SSSR count). The first kappa shape index (κ1) is 11.2. The summed E-state index contributed by atoms with van der Waals surface area (Å²) < 4.78 is 0. The number of thioether (sulfide) groups is 1. The van der Waals surface area contributed by atoms with Gasteiger partial charge < -0.3 is 5.73 Å². The van der Waals surface area contributed by atoms with Gasteiger partial charge in [-0.1, -0.05) is 23.9 Å². The summed E-state index contributed by atoms with van der Waals surface area (Å²) in [5, 5.41) is 0.803. The van der Waals surface area contributed by atoms with E-state index in [0.29, 0.717) is 6.54 Å². The molecule has 76 valence electrons. The predicted octanol–water partition coefficient (Wildman–Crippen LogP) is 1.70. The van der Waals surface area contributed by atoms with Crippen molar-refractivity contribution >= 4 is 11.8 Å². The molecule has 0 aliphatic carbocycles. The highest BCUT2D eigenvalue weighted by Gasteiger charge is 2.00. The summed E-state index contributed by atoms with van der Waals surface area (Å²) in [6.07, 6.45) is 0. The van der Waals surface area contributed by atoms with Crippen molar-refractivity contribution in [1.82, 2.24) is 9.97 Å². The van der Waals surface area contributed by atoms with Crippen LogP contribution in [0, 0.1) is 13.8 Å². The van der Waals surface area contributed by atoms with Gasteiger partial charge in [0, 0.05) is 23.7 Å². The van der Waals surface area contributed by atoms with Crippen molar-refractivity contribution in [3.63, 3.8) is 0 Å². The van der Waals surface area contributed by atoms with E-state index in [-0.39, 0.29) is 0 Å². The smallest absolute Gasteiger partial charge is 0.188 e. The molecule has 1 heterocycles. The third kappa shape index (κ3) is 3.47. The molecule has 14 heavy (non-hydrogen) atoms. The van der Waals surface area contributed by atoms with E-state index in [9.17, 15) is 0 Å². The largest absolute Gasteiger partial charge is 0.327 e. The molecule has 0 aliphatic rings. The summed E-state index contributed by atoms with van der Waals surface area (Å²) >= 11 is 1.58. The highest BCUT2D eigenvalue weighted by Crippen LogP contribution is 2.15. The minimum Gasteiger partial charge on any atom is -0.327 e. The van der Waals surface area contributed by atoms with Crippen LogP contribution in [0.2, 0.25) is 0 Å². The molecule has 1 aromatic rings. The van der Waals surface area contributed by atoms with Gasteiger partial charge in [0.05, 0.1) is 0 Å². The van der Waals surface area contributed by atoms with E-state index >= 15 is 0 Å². The average Bonchev–Trinajstić information content (AvgIpc) is 2.12. The van der Waals surface area contributed by atoms with Gasteiger partial charge in [-0.15, -0.1) is 0 Å². The minimum atomic E-state index is 0.526. The lowest BCUT2D eigenvalue weighted by Gasteiger charge is -2.03. The zero-order valence-corrected chi connectivity index (χ0v) is 9.40. The number of rotatable bonds is 4. The Morgan fingerprint density at radius 2 is 2.00 bits per heavy atom. The van der Waals surface area contributed by atoms with Gasteiger partial charge in [-0.05, 0) is 19.9 Å². The van der Waals surface area contributed by atoms with E-state index in [1.165, 1.54) is 0 Å². The first-order chi connectivity index (χ1) is 6.61. The highest BCUT2D eigenvalue weighted by molar-refractivity contribution is 7.99. The van der Waals surface area contributed by atoms with Crippen LogP contribution < -0.4 is 5.73 Å². The Morgan fingerprint density at radius 1 is 1.43 bits per heavy atom. The van der Waals surface area contributed by atoms with Crippen molar-refractivity contribution in [2.75, 3.05) is 12.3 Å². The Labute approximate surface area is 88.8 Å². The monoisotopic (exact) mass is 209 g/mol. The van der Waals surface area contributed by atoms with Gasteiger partial charge in [-0.25, -0.2) is 9.97 Å². The third-order valence-electron chi connectivity index (χ3n) is 1.66. The average molecular weight is 209 g/mol. The van der Waals surface area contributed by atoms with Crippen molar-refractivity contribution in [2.45, 2.75) is 19.0 Å². The first-order valence-electron chi connectivity index (χ1n) is 4.43. The minimum absolute atomic E-state index is 0.526. The summed E-state index contributed by atoms with van der Waals surface area (Å²) in [5.41, 5.74) is 8.45. The lowest BCUT2D eigenvalue weighted by molar-refractivity contribution is 0.902. The summed E-state index contributed by atoms with van der Waals surface area (Å²) in [6.45, 7) is 8.29.